The maximum Gasteiger partial charge on any atom is 0.138 e. The summed E-state index contributed by atoms with van der Waals surface area (Å²) in [5.41, 5.74) is 1.18. The van der Waals surface area contributed by atoms with Gasteiger partial charge in [0.05, 0.1) is 0 Å². The van der Waals surface area contributed by atoms with Crippen LogP contribution >= 0.6 is 11.6 Å². The van der Waals surface area contributed by atoms with Gasteiger partial charge in [-0.25, -0.2) is 0 Å². The second-order valence-electron chi connectivity index (χ2n) is 5.70. The second kappa shape index (κ2) is 6.53. The number of benzene rings is 1. The molecule has 2 nitrogen and oxygen atoms in total. The molecule has 0 saturated carbocycles. The van der Waals surface area contributed by atoms with Gasteiger partial charge in [0.15, 0.2) is 0 Å². The Kier molecular flexibility index (Phi) is 5.00. The maximum atomic E-state index is 12.0. The molecule has 104 valence electrons. The number of rotatable bonds is 4. The highest BCUT2D eigenvalue weighted by molar-refractivity contribution is 6.31. The van der Waals surface area contributed by atoms with Crippen molar-refractivity contribution in [3.8, 4) is 0 Å². The number of nitrogens with zero attached hydrogens (tertiary/aromatic N) is 1. The molecular formula is C16H22ClNO. The highest BCUT2D eigenvalue weighted by Crippen LogP contribution is 2.24. The van der Waals surface area contributed by atoms with E-state index in [1.165, 1.54) is 5.56 Å². The average Bonchev–Trinajstić information content (AvgIpc) is 2.41. The highest BCUT2D eigenvalue weighted by Gasteiger charge is 2.26. The lowest BCUT2D eigenvalue weighted by Gasteiger charge is -2.32. The molecule has 1 heterocycles. The number of likely N-dealkylation sites (tertiary alicyclic amines) is 1. The molecule has 0 N–H and O–H groups in total. The molecule has 0 atom stereocenters. The van der Waals surface area contributed by atoms with Crippen molar-refractivity contribution < 1.29 is 4.79 Å². The zero-order chi connectivity index (χ0) is 13.8. The molecule has 1 aliphatic heterocycles. The third-order valence-corrected chi connectivity index (χ3v) is 4.28. The van der Waals surface area contributed by atoms with Crippen molar-refractivity contribution in [2.45, 2.75) is 33.2 Å². The van der Waals surface area contributed by atoms with Gasteiger partial charge >= 0.3 is 0 Å². The molecule has 2 rings (SSSR count). The summed E-state index contributed by atoms with van der Waals surface area (Å²) < 4.78 is 0. The summed E-state index contributed by atoms with van der Waals surface area (Å²) in [5.74, 6) is 0.861. The van der Waals surface area contributed by atoms with Crippen LogP contribution in [0, 0.1) is 11.8 Å². The molecule has 0 unspecified atom stereocenters. The van der Waals surface area contributed by atoms with Crippen molar-refractivity contribution in [3.05, 3.63) is 34.9 Å². The fourth-order valence-corrected chi connectivity index (χ4v) is 2.91. The van der Waals surface area contributed by atoms with E-state index in [2.05, 4.69) is 11.0 Å². The molecule has 0 aromatic heterocycles. The third kappa shape index (κ3) is 3.80. The lowest BCUT2D eigenvalue weighted by atomic mass is 9.87. The van der Waals surface area contributed by atoms with Crippen molar-refractivity contribution >= 4 is 17.4 Å². The minimum atomic E-state index is 0.167. The SMILES string of the molecule is CC(C)C(=O)C1CCN(Cc2ccccc2Cl)CC1. The van der Waals surface area contributed by atoms with Crippen LogP contribution < -0.4 is 0 Å². The lowest BCUT2D eigenvalue weighted by molar-refractivity contribution is -0.127. The van der Waals surface area contributed by atoms with Crippen LogP contribution in [-0.2, 0) is 11.3 Å². The van der Waals surface area contributed by atoms with Crippen LogP contribution in [0.2, 0.25) is 5.02 Å². The molecular weight excluding hydrogens is 258 g/mol. The third-order valence-electron chi connectivity index (χ3n) is 3.91. The molecule has 0 amide bonds. The van der Waals surface area contributed by atoms with Crippen LogP contribution in [-0.4, -0.2) is 23.8 Å². The minimum Gasteiger partial charge on any atom is -0.299 e. The summed E-state index contributed by atoms with van der Waals surface area (Å²) in [6.07, 6.45) is 1.98. The summed E-state index contributed by atoms with van der Waals surface area (Å²) in [4.78, 5) is 14.4. The molecule has 0 aliphatic carbocycles. The van der Waals surface area contributed by atoms with Gasteiger partial charge in [0, 0.05) is 23.4 Å². The molecule has 1 aromatic rings. The van der Waals surface area contributed by atoms with Crippen LogP contribution in [0.3, 0.4) is 0 Å². The number of carbonyl (C=O) groups excluding carboxylic acids is 1. The summed E-state index contributed by atoms with van der Waals surface area (Å²) in [6, 6.07) is 8.00. The minimum absolute atomic E-state index is 0.167. The van der Waals surface area contributed by atoms with Crippen molar-refractivity contribution in [2.75, 3.05) is 13.1 Å². The molecule has 3 heteroatoms. The lowest BCUT2D eigenvalue weighted by Crippen LogP contribution is -2.37. The first-order chi connectivity index (χ1) is 9.08. The largest absolute Gasteiger partial charge is 0.299 e. The molecule has 1 aliphatic rings. The molecule has 0 radical (unpaired) electrons. The van der Waals surface area contributed by atoms with E-state index in [1.54, 1.807) is 0 Å². The van der Waals surface area contributed by atoms with E-state index >= 15 is 0 Å². The van der Waals surface area contributed by atoms with Gasteiger partial charge in [0.25, 0.3) is 0 Å². The number of ketones is 1. The Morgan fingerprint density at radius 2 is 1.95 bits per heavy atom. The Balaban J connectivity index is 1.87. The topological polar surface area (TPSA) is 20.3 Å². The van der Waals surface area contributed by atoms with E-state index < -0.39 is 0 Å². The fraction of sp³-hybridized carbons (Fsp3) is 0.562. The average molecular weight is 280 g/mol. The first kappa shape index (κ1) is 14.5. The summed E-state index contributed by atoms with van der Waals surface area (Å²) in [7, 11) is 0. The smallest absolute Gasteiger partial charge is 0.138 e. The van der Waals surface area contributed by atoms with Gasteiger partial charge < -0.3 is 0 Å². The van der Waals surface area contributed by atoms with Crippen LogP contribution in [0.4, 0.5) is 0 Å². The first-order valence-corrected chi connectivity index (χ1v) is 7.45. The summed E-state index contributed by atoms with van der Waals surface area (Å²) in [6.45, 7) is 6.88. The molecule has 0 spiro atoms. The molecule has 1 fully saturated rings. The molecule has 0 bridgehead atoms. The van der Waals surface area contributed by atoms with E-state index in [9.17, 15) is 4.79 Å². The van der Waals surface area contributed by atoms with Crippen molar-refractivity contribution in [1.29, 1.82) is 0 Å². The van der Waals surface area contributed by atoms with Gasteiger partial charge in [0.1, 0.15) is 5.78 Å². The number of hydrogen-bond donors (Lipinski definition) is 0. The Morgan fingerprint density at radius 3 is 2.53 bits per heavy atom. The van der Waals surface area contributed by atoms with Gasteiger partial charge in [-0.2, -0.15) is 0 Å². The first-order valence-electron chi connectivity index (χ1n) is 7.07. The fourth-order valence-electron chi connectivity index (χ4n) is 2.71. The van der Waals surface area contributed by atoms with E-state index in [4.69, 9.17) is 11.6 Å². The molecule has 19 heavy (non-hydrogen) atoms. The Labute approximate surface area is 120 Å². The van der Waals surface area contributed by atoms with Crippen LogP contribution in [0.25, 0.3) is 0 Å². The zero-order valence-electron chi connectivity index (χ0n) is 11.7. The standard InChI is InChI=1S/C16H22ClNO/c1-12(2)16(19)13-7-9-18(10-8-13)11-14-5-3-4-6-15(14)17/h3-6,12-13H,7-11H2,1-2H3. The quantitative estimate of drug-likeness (QED) is 0.836. The van der Waals surface area contributed by atoms with Crippen LogP contribution in [0.15, 0.2) is 24.3 Å². The Bertz CT molecular complexity index is 436. The maximum absolute atomic E-state index is 12.0. The number of Topliss-reactive ketones (excluding diaryl/α,β-unsaturated/α-hetero) is 1. The van der Waals surface area contributed by atoms with Crippen molar-refractivity contribution in [1.82, 2.24) is 4.90 Å². The number of hydrogen-bond acceptors (Lipinski definition) is 2. The van der Waals surface area contributed by atoms with E-state index in [0.717, 1.165) is 37.5 Å². The van der Waals surface area contributed by atoms with Gasteiger partial charge in [-0.15, -0.1) is 0 Å². The zero-order valence-corrected chi connectivity index (χ0v) is 12.5. The Morgan fingerprint density at radius 1 is 1.32 bits per heavy atom. The van der Waals surface area contributed by atoms with Crippen molar-refractivity contribution in [2.24, 2.45) is 11.8 Å². The predicted octanol–water partition coefficient (Wildman–Crippen LogP) is 3.78. The van der Waals surface area contributed by atoms with Crippen LogP contribution in [0.1, 0.15) is 32.3 Å². The summed E-state index contributed by atoms with van der Waals surface area (Å²) in [5, 5.41) is 0.836. The number of carbonyl (C=O) groups is 1. The molecule has 1 aromatic carbocycles. The molecule has 1 saturated heterocycles. The van der Waals surface area contributed by atoms with Gasteiger partial charge in [-0.05, 0) is 37.6 Å². The van der Waals surface area contributed by atoms with Crippen molar-refractivity contribution in [3.63, 3.8) is 0 Å². The van der Waals surface area contributed by atoms with Gasteiger partial charge in [-0.1, -0.05) is 43.6 Å². The monoisotopic (exact) mass is 279 g/mol. The normalized spacial score (nSPS) is 17.9. The van der Waals surface area contributed by atoms with E-state index in [1.807, 2.05) is 32.0 Å². The van der Waals surface area contributed by atoms with Crippen LogP contribution in [0.5, 0.6) is 0 Å². The number of piperidine rings is 1. The summed E-state index contributed by atoms with van der Waals surface area (Å²) >= 11 is 6.18. The van der Waals surface area contributed by atoms with E-state index in [-0.39, 0.29) is 11.8 Å². The predicted molar refractivity (Wildman–Crippen MR) is 79.3 cm³/mol. The van der Waals surface area contributed by atoms with E-state index in [0.29, 0.717) is 5.78 Å². The highest BCUT2D eigenvalue weighted by atomic mass is 35.5. The second-order valence-corrected chi connectivity index (χ2v) is 6.11. The van der Waals surface area contributed by atoms with Gasteiger partial charge in [0.2, 0.25) is 0 Å². The number of halogens is 1. The van der Waals surface area contributed by atoms with Gasteiger partial charge in [-0.3, -0.25) is 9.69 Å². The Hall–Kier alpha value is -0.860.